The maximum Gasteiger partial charge on any atom is 0.335 e. The van der Waals surface area contributed by atoms with Crippen molar-refractivity contribution in [2.24, 2.45) is 0 Å². The van der Waals surface area contributed by atoms with Gasteiger partial charge in [-0.3, -0.25) is 19.3 Å². The van der Waals surface area contributed by atoms with Crippen molar-refractivity contribution in [1.82, 2.24) is 4.90 Å². The number of amides is 3. The number of nitrogens with one attached hydrogen (secondary N) is 1. The number of benzene rings is 2. The molecule has 0 aliphatic carbocycles. The Morgan fingerprint density at radius 3 is 2.33 bits per heavy atom. The summed E-state index contributed by atoms with van der Waals surface area (Å²) in [5.41, 5.74) is -0.0461. The lowest BCUT2D eigenvalue weighted by molar-refractivity contribution is -0.271. The molecule has 4 rings (SSSR count). The van der Waals surface area contributed by atoms with Crippen molar-refractivity contribution in [1.29, 1.82) is 0 Å². The van der Waals surface area contributed by atoms with Gasteiger partial charge in [-0.2, -0.15) is 0 Å². The standard InChI is InChI=1S/C26H28N2O13S/c1-11(29)27-14-6-4-5-13-18(14)24(34)28(23(13)33)15(10-42(3,37)38)12-7-8-16(39-2)17(9-12)40-26-21(32)19(30)20(31)22(41-26)25(35)36/h4-9,15,19-22,26,30-32H,10H2,1-3H3,(H,27,29)(H,35,36)/t15-,19+,20+,21-,22+,26?/m1/s1. The first-order valence-corrected chi connectivity index (χ1v) is 14.4. The quantitative estimate of drug-likeness (QED) is 0.222. The zero-order valence-electron chi connectivity index (χ0n) is 22.5. The molecule has 16 heteroatoms. The van der Waals surface area contributed by atoms with E-state index in [0.717, 1.165) is 11.2 Å². The van der Waals surface area contributed by atoms with Crippen LogP contribution in [0, 0.1) is 0 Å². The highest BCUT2D eigenvalue weighted by molar-refractivity contribution is 7.90. The number of hydrogen-bond acceptors (Lipinski definition) is 12. The number of methoxy groups -OCH3 is 1. The Labute approximate surface area is 239 Å². The molecule has 15 nitrogen and oxygen atoms in total. The maximum atomic E-state index is 13.6. The normalized spacial score (nSPS) is 24.6. The van der Waals surface area contributed by atoms with Crippen molar-refractivity contribution in [2.75, 3.05) is 24.4 Å². The molecule has 1 saturated heterocycles. The number of nitrogens with zero attached hydrogens (tertiary/aromatic N) is 1. The highest BCUT2D eigenvalue weighted by Crippen LogP contribution is 2.39. The molecule has 2 aliphatic heterocycles. The third-order valence-electron chi connectivity index (χ3n) is 6.66. The van der Waals surface area contributed by atoms with Gasteiger partial charge in [0.05, 0.1) is 35.7 Å². The van der Waals surface area contributed by atoms with Gasteiger partial charge in [0, 0.05) is 13.2 Å². The van der Waals surface area contributed by atoms with Crippen LogP contribution in [0.3, 0.4) is 0 Å². The summed E-state index contributed by atoms with van der Waals surface area (Å²) in [7, 11) is -2.60. The molecule has 2 aromatic rings. The Kier molecular flexibility index (Phi) is 8.56. The van der Waals surface area contributed by atoms with Gasteiger partial charge in [-0.25, -0.2) is 13.2 Å². The number of carboxylic acid groups (broad SMARTS) is 1. The van der Waals surface area contributed by atoms with Gasteiger partial charge < -0.3 is 40.0 Å². The third kappa shape index (κ3) is 5.93. The summed E-state index contributed by atoms with van der Waals surface area (Å²) in [4.78, 5) is 51.0. The van der Waals surface area contributed by atoms with Gasteiger partial charge in [0.25, 0.3) is 11.8 Å². The number of carbonyl (C=O) groups excluding carboxylic acids is 3. The Hall–Kier alpha value is -4.09. The number of anilines is 1. The van der Waals surface area contributed by atoms with E-state index in [9.17, 15) is 48.0 Å². The lowest BCUT2D eigenvalue weighted by Gasteiger charge is -2.38. The number of carboxylic acids is 1. The van der Waals surface area contributed by atoms with Crippen molar-refractivity contribution < 1.29 is 62.2 Å². The highest BCUT2D eigenvalue weighted by Gasteiger charge is 2.48. The molecular weight excluding hydrogens is 580 g/mol. The minimum Gasteiger partial charge on any atom is -0.493 e. The van der Waals surface area contributed by atoms with Gasteiger partial charge in [-0.15, -0.1) is 0 Å². The number of ether oxygens (including phenoxy) is 3. The van der Waals surface area contributed by atoms with Crippen molar-refractivity contribution >= 4 is 39.2 Å². The van der Waals surface area contributed by atoms with E-state index >= 15 is 0 Å². The Morgan fingerprint density at radius 1 is 1.05 bits per heavy atom. The first kappa shape index (κ1) is 30.9. The van der Waals surface area contributed by atoms with Crippen molar-refractivity contribution in [3.8, 4) is 11.5 Å². The van der Waals surface area contributed by atoms with Crippen LogP contribution in [0.2, 0.25) is 0 Å². The topological polar surface area (TPSA) is 226 Å². The molecule has 42 heavy (non-hydrogen) atoms. The number of aliphatic hydroxyl groups excluding tert-OH is 3. The van der Waals surface area contributed by atoms with Gasteiger partial charge in [0.1, 0.15) is 28.1 Å². The lowest BCUT2D eigenvalue weighted by Crippen LogP contribution is -2.61. The van der Waals surface area contributed by atoms with Crippen molar-refractivity contribution in [3.05, 3.63) is 53.1 Å². The van der Waals surface area contributed by atoms with E-state index in [1.807, 2.05) is 0 Å². The summed E-state index contributed by atoms with van der Waals surface area (Å²) in [6.07, 6.45) is -8.74. The number of imide groups is 1. The minimum atomic E-state index is -3.85. The molecule has 5 N–H and O–H groups in total. The number of aliphatic hydroxyl groups is 3. The fourth-order valence-corrected chi connectivity index (χ4v) is 5.67. The van der Waals surface area contributed by atoms with Crippen molar-refractivity contribution in [3.63, 3.8) is 0 Å². The summed E-state index contributed by atoms with van der Waals surface area (Å²) < 4.78 is 41.0. The molecule has 2 aliphatic rings. The zero-order valence-corrected chi connectivity index (χ0v) is 23.3. The minimum absolute atomic E-state index is 0.00421. The van der Waals surface area contributed by atoms with Gasteiger partial charge in [0.2, 0.25) is 12.2 Å². The molecule has 2 aromatic carbocycles. The first-order valence-electron chi connectivity index (χ1n) is 12.4. The lowest BCUT2D eigenvalue weighted by atomic mass is 9.99. The van der Waals surface area contributed by atoms with Crippen LogP contribution in [0.1, 0.15) is 39.2 Å². The Morgan fingerprint density at radius 2 is 1.74 bits per heavy atom. The third-order valence-corrected chi connectivity index (χ3v) is 7.58. The van der Waals surface area contributed by atoms with Crippen LogP contribution in [-0.2, 0) is 24.2 Å². The van der Waals surface area contributed by atoms with E-state index in [1.165, 1.54) is 50.4 Å². The number of sulfone groups is 1. The fourth-order valence-electron chi connectivity index (χ4n) is 4.75. The predicted molar refractivity (Wildman–Crippen MR) is 142 cm³/mol. The van der Waals surface area contributed by atoms with Gasteiger partial charge in [-0.1, -0.05) is 12.1 Å². The molecule has 1 unspecified atom stereocenters. The van der Waals surface area contributed by atoms with Gasteiger partial charge >= 0.3 is 5.97 Å². The molecule has 6 atom stereocenters. The monoisotopic (exact) mass is 608 g/mol. The number of fused-ring (bicyclic) bond motifs is 1. The number of hydrogen-bond donors (Lipinski definition) is 5. The summed E-state index contributed by atoms with van der Waals surface area (Å²) >= 11 is 0. The van der Waals surface area contributed by atoms with E-state index < -0.39 is 76.0 Å². The number of carbonyl (C=O) groups is 4. The summed E-state index contributed by atoms with van der Waals surface area (Å²) in [6, 6.07) is 6.71. The van der Waals surface area contributed by atoms with E-state index in [2.05, 4.69) is 5.32 Å². The average molecular weight is 609 g/mol. The second kappa shape index (κ2) is 11.7. The number of rotatable bonds is 9. The first-order chi connectivity index (χ1) is 19.6. The van der Waals surface area contributed by atoms with Crippen LogP contribution in [-0.4, -0.2) is 107 Å². The molecule has 1 fully saturated rings. The average Bonchev–Trinajstić information content (AvgIpc) is 3.16. The number of aliphatic carboxylic acids is 1. The Balaban J connectivity index is 1.76. The summed E-state index contributed by atoms with van der Waals surface area (Å²) in [5, 5.41) is 42.3. The van der Waals surface area contributed by atoms with Crippen LogP contribution in [0.25, 0.3) is 0 Å². The molecule has 0 bridgehead atoms. The molecule has 226 valence electrons. The Bertz CT molecular complexity index is 1540. The van der Waals surface area contributed by atoms with E-state index in [-0.39, 0.29) is 33.9 Å². The SMILES string of the molecule is COc1ccc([C@@H](CS(C)(=O)=O)N2C(=O)c3cccc(NC(C)=O)c3C2=O)cc1OC1O[C@H](C(=O)O)[C@@H](O)[C@H](O)[C@H]1O. The molecular formula is C26H28N2O13S. The highest BCUT2D eigenvalue weighted by atomic mass is 32.2. The van der Waals surface area contributed by atoms with Crippen LogP contribution < -0.4 is 14.8 Å². The zero-order chi connectivity index (χ0) is 31.1. The smallest absolute Gasteiger partial charge is 0.335 e. The second-order valence-corrected chi connectivity index (χ2v) is 11.9. The van der Waals surface area contributed by atoms with Gasteiger partial charge in [-0.05, 0) is 29.8 Å². The van der Waals surface area contributed by atoms with Crippen molar-refractivity contribution in [2.45, 2.75) is 43.7 Å². The fraction of sp³-hybridized carbons (Fsp3) is 0.385. The molecule has 2 heterocycles. The summed E-state index contributed by atoms with van der Waals surface area (Å²) in [6.45, 7) is 1.22. The maximum absolute atomic E-state index is 13.6. The van der Waals surface area contributed by atoms with E-state index in [1.54, 1.807) is 0 Å². The molecule has 0 saturated carbocycles. The van der Waals surface area contributed by atoms with Crippen LogP contribution >= 0.6 is 0 Å². The molecule has 3 amide bonds. The molecule has 0 radical (unpaired) electrons. The van der Waals surface area contributed by atoms with E-state index in [0.29, 0.717) is 0 Å². The second-order valence-electron chi connectivity index (χ2n) is 9.76. The summed E-state index contributed by atoms with van der Waals surface area (Å²) in [5.74, 6) is -4.77. The van der Waals surface area contributed by atoms with Crippen LogP contribution in [0.5, 0.6) is 11.5 Å². The molecule has 0 aromatic heterocycles. The van der Waals surface area contributed by atoms with Crippen LogP contribution in [0.15, 0.2) is 36.4 Å². The van der Waals surface area contributed by atoms with Gasteiger partial charge in [0.15, 0.2) is 17.6 Å². The predicted octanol–water partition coefficient (Wildman–Crippen LogP) is -0.693. The van der Waals surface area contributed by atoms with E-state index in [4.69, 9.17) is 14.2 Å². The molecule has 0 spiro atoms. The van der Waals surface area contributed by atoms with Crippen LogP contribution in [0.4, 0.5) is 5.69 Å². The largest absolute Gasteiger partial charge is 0.493 e.